The molecule has 0 bridgehead atoms. The maximum absolute atomic E-state index is 13.4. The molecule has 1 aromatic carbocycles. The van der Waals surface area contributed by atoms with Crippen LogP contribution in [0.2, 0.25) is 0 Å². The quantitative estimate of drug-likeness (QED) is 0.888. The van der Waals surface area contributed by atoms with Crippen molar-refractivity contribution in [2.75, 3.05) is 31.2 Å². The Balaban J connectivity index is 1.86. The first-order valence-corrected chi connectivity index (χ1v) is 6.50. The lowest BCUT2D eigenvalue weighted by Gasteiger charge is -2.31. The highest BCUT2D eigenvalue weighted by molar-refractivity contribution is 5.55. The van der Waals surface area contributed by atoms with Crippen LogP contribution in [0.4, 0.5) is 10.1 Å². The van der Waals surface area contributed by atoms with E-state index >= 15 is 0 Å². The van der Waals surface area contributed by atoms with Crippen LogP contribution >= 0.6 is 0 Å². The van der Waals surface area contributed by atoms with Crippen molar-refractivity contribution < 1.29 is 14.2 Å². The minimum Gasteiger partial charge on any atom is -0.390 e. The summed E-state index contributed by atoms with van der Waals surface area (Å²) in [6.45, 7) is 3.08. The fourth-order valence-electron chi connectivity index (χ4n) is 2.48. The zero-order valence-corrected chi connectivity index (χ0v) is 10.4. The van der Waals surface area contributed by atoms with E-state index in [0.717, 1.165) is 37.2 Å². The highest BCUT2D eigenvalue weighted by Gasteiger charge is 2.41. The van der Waals surface area contributed by atoms with Gasteiger partial charge in [0.15, 0.2) is 0 Å². The molecule has 98 valence electrons. The second kappa shape index (κ2) is 4.52. The number of hydrogen-bond acceptors (Lipinski definition) is 3. The van der Waals surface area contributed by atoms with Crippen LogP contribution in [0, 0.1) is 5.82 Å². The van der Waals surface area contributed by atoms with Crippen LogP contribution < -0.4 is 4.90 Å². The number of aliphatic hydroxyl groups is 1. The number of ether oxygens (including phenoxy) is 1. The summed E-state index contributed by atoms with van der Waals surface area (Å²) in [6.07, 6.45) is 2.20. The van der Waals surface area contributed by atoms with E-state index in [1.54, 1.807) is 6.07 Å². The fraction of sp³-hybridized carbons (Fsp3) is 0.571. The Kier molecular flexibility index (Phi) is 2.99. The number of halogens is 1. The van der Waals surface area contributed by atoms with Crippen LogP contribution in [-0.2, 0) is 11.2 Å². The van der Waals surface area contributed by atoms with Crippen molar-refractivity contribution in [1.29, 1.82) is 0 Å². The molecule has 1 saturated carbocycles. The molecule has 0 unspecified atom stereocenters. The summed E-state index contributed by atoms with van der Waals surface area (Å²) in [5.74, 6) is -0.230. The molecular weight excluding hydrogens is 233 g/mol. The molecule has 0 atom stereocenters. The Hall–Kier alpha value is -1.13. The minimum atomic E-state index is -0.588. The highest BCUT2D eigenvalue weighted by atomic mass is 19.1. The highest BCUT2D eigenvalue weighted by Crippen LogP contribution is 2.40. The third-order valence-corrected chi connectivity index (χ3v) is 3.74. The molecule has 18 heavy (non-hydrogen) atoms. The van der Waals surface area contributed by atoms with Gasteiger partial charge in [0, 0.05) is 25.2 Å². The van der Waals surface area contributed by atoms with Crippen molar-refractivity contribution in [3.63, 3.8) is 0 Å². The van der Waals surface area contributed by atoms with Gasteiger partial charge in [0.05, 0.1) is 18.8 Å². The van der Waals surface area contributed by atoms with E-state index in [1.807, 2.05) is 6.07 Å². The fourth-order valence-corrected chi connectivity index (χ4v) is 2.48. The van der Waals surface area contributed by atoms with Gasteiger partial charge in [-0.1, -0.05) is 0 Å². The van der Waals surface area contributed by atoms with Gasteiger partial charge < -0.3 is 14.7 Å². The average molecular weight is 251 g/mol. The zero-order valence-electron chi connectivity index (χ0n) is 10.4. The van der Waals surface area contributed by atoms with Crippen LogP contribution in [-0.4, -0.2) is 37.0 Å². The standard InChI is InChI=1S/C14H18FNO2/c15-12-1-2-13(16-5-7-18-8-6-16)11(9-12)10-14(17)3-4-14/h1-2,9,17H,3-8,10H2. The molecule has 1 aliphatic carbocycles. The van der Waals surface area contributed by atoms with Gasteiger partial charge in [0.1, 0.15) is 5.82 Å². The summed E-state index contributed by atoms with van der Waals surface area (Å²) < 4.78 is 18.7. The number of hydrogen-bond donors (Lipinski definition) is 1. The van der Waals surface area contributed by atoms with Gasteiger partial charge in [-0.15, -0.1) is 0 Å². The molecular formula is C14H18FNO2. The lowest BCUT2D eigenvalue weighted by molar-refractivity contribution is 0.122. The monoisotopic (exact) mass is 251 g/mol. The molecule has 1 heterocycles. The van der Waals surface area contributed by atoms with E-state index in [-0.39, 0.29) is 5.82 Å². The summed E-state index contributed by atoms with van der Waals surface area (Å²) in [6, 6.07) is 4.87. The van der Waals surface area contributed by atoms with Crippen LogP contribution in [0.5, 0.6) is 0 Å². The Bertz CT molecular complexity index is 439. The molecule has 1 saturated heterocycles. The predicted molar refractivity (Wildman–Crippen MR) is 67.3 cm³/mol. The number of morpholine rings is 1. The van der Waals surface area contributed by atoms with E-state index in [2.05, 4.69) is 4.90 Å². The largest absolute Gasteiger partial charge is 0.390 e. The SMILES string of the molecule is OC1(Cc2cc(F)ccc2N2CCOCC2)CC1. The molecule has 3 nitrogen and oxygen atoms in total. The van der Waals surface area contributed by atoms with E-state index in [1.165, 1.54) is 6.07 Å². The molecule has 0 spiro atoms. The van der Waals surface area contributed by atoms with Crippen LogP contribution in [0.3, 0.4) is 0 Å². The molecule has 2 aliphatic rings. The minimum absolute atomic E-state index is 0.230. The van der Waals surface area contributed by atoms with Gasteiger partial charge >= 0.3 is 0 Å². The predicted octanol–water partition coefficient (Wildman–Crippen LogP) is 1.73. The third kappa shape index (κ3) is 2.49. The summed E-state index contributed by atoms with van der Waals surface area (Å²) in [7, 11) is 0. The second-order valence-electron chi connectivity index (χ2n) is 5.27. The Morgan fingerprint density at radius 3 is 2.67 bits per heavy atom. The van der Waals surface area contributed by atoms with E-state index < -0.39 is 5.60 Å². The number of benzene rings is 1. The Morgan fingerprint density at radius 1 is 1.28 bits per heavy atom. The molecule has 0 amide bonds. The van der Waals surface area contributed by atoms with Crippen molar-refractivity contribution >= 4 is 5.69 Å². The third-order valence-electron chi connectivity index (χ3n) is 3.74. The van der Waals surface area contributed by atoms with Crippen molar-refractivity contribution in [1.82, 2.24) is 0 Å². The average Bonchev–Trinajstić information content (AvgIpc) is 3.08. The molecule has 0 aromatic heterocycles. The van der Waals surface area contributed by atoms with E-state index in [9.17, 15) is 9.50 Å². The maximum Gasteiger partial charge on any atom is 0.123 e. The maximum atomic E-state index is 13.4. The summed E-state index contributed by atoms with van der Waals surface area (Å²) >= 11 is 0. The summed E-state index contributed by atoms with van der Waals surface area (Å²) in [5, 5.41) is 10.0. The van der Waals surface area contributed by atoms with Gasteiger partial charge in [0.2, 0.25) is 0 Å². The molecule has 0 radical (unpaired) electrons. The molecule has 4 heteroatoms. The first kappa shape index (κ1) is 11.9. The van der Waals surface area contributed by atoms with Gasteiger partial charge in [-0.3, -0.25) is 0 Å². The number of anilines is 1. The van der Waals surface area contributed by atoms with Crippen LogP contribution in [0.25, 0.3) is 0 Å². The molecule has 3 rings (SSSR count). The van der Waals surface area contributed by atoms with Crippen molar-refractivity contribution in [2.24, 2.45) is 0 Å². The molecule has 1 N–H and O–H groups in total. The topological polar surface area (TPSA) is 32.7 Å². The van der Waals surface area contributed by atoms with Gasteiger partial charge in [0.25, 0.3) is 0 Å². The second-order valence-corrected chi connectivity index (χ2v) is 5.27. The zero-order chi connectivity index (χ0) is 12.6. The lowest BCUT2D eigenvalue weighted by atomic mass is 10.0. The molecule has 1 aliphatic heterocycles. The van der Waals surface area contributed by atoms with Crippen LogP contribution in [0.1, 0.15) is 18.4 Å². The number of rotatable bonds is 3. The van der Waals surface area contributed by atoms with Crippen LogP contribution in [0.15, 0.2) is 18.2 Å². The molecule has 2 fully saturated rings. The van der Waals surface area contributed by atoms with Crippen molar-refractivity contribution in [3.8, 4) is 0 Å². The Labute approximate surface area is 106 Å². The first-order valence-electron chi connectivity index (χ1n) is 6.50. The van der Waals surface area contributed by atoms with E-state index in [4.69, 9.17) is 4.74 Å². The first-order chi connectivity index (χ1) is 8.66. The Morgan fingerprint density at radius 2 is 2.00 bits per heavy atom. The van der Waals surface area contributed by atoms with E-state index in [0.29, 0.717) is 19.6 Å². The summed E-state index contributed by atoms with van der Waals surface area (Å²) in [5.41, 5.74) is 1.37. The van der Waals surface area contributed by atoms with Gasteiger partial charge in [-0.2, -0.15) is 0 Å². The summed E-state index contributed by atoms with van der Waals surface area (Å²) in [4.78, 5) is 2.21. The normalized spacial score (nSPS) is 22.0. The number of nitrogens with zero attached hydrogens (tertiary/aromatic N) is 1. The van der Waals surface area contributed by atoms with Gasteiger partial charge in [-0.05, 0) is 36.6 Å². The van der Waals surface area contributed by atoms with Gasteiger partial charge in [-0.25, -0.2) is 4.39 Å². The molecule has 1 aromatic rings. The van der Waals surface area contributed by atoms with Crippen molar-refractivity contribution in [2.45, 2.75) is 24.9 Å². The van der Waals surface area contributed by atoms with Crippen molar-refractivity contribution in [3.05, 3.63) is 29.6 Å². The smallest absolute Gasteiger partial charge is 0.123 e. The lowest BCUT2D eigenvalue weighted by Crippen LogP contribution is -2.37.